The average Bonchev–Trinajstić information content (AvgIpc) is 2.51. The van der Waals surface area contributed by atoms with Gasteiger partial charge in [0, 0.05) is 49.8 Å². The Hall–Kier alpha value is -0.240. The summed E-state index contributed by atoms with van der Waals surface area (Å²) in [5.74, 6) is 0. The standard InChI is InChI=1S/C11H27N3.C9H23N3/c1-10(13(5)6)9-14(7)11(2)8-12(3)4;1-8(11-7-6-10)9(2,3)12(4)5/h10-11H,8-9H2,1-7H3;8,11H,6-7,10H2,1-5H3. The van der Waals surface area contributed by atoms with Gasteiger partial charge in [-0.3, -0.25) is 0 Å². The number of nitrogens with zero attached hydrogens (tertiary/aromatic N) is 4. The molecule has 6 nitrogen and oxygen atoms in total. The predicted octanol–water partition coefficient (Wildman–Crippen LogP) is 1.08. The molecular formula is C20H50N6. The molecule has 0 aliphatic heterocycles. The summed E-state index contributed by atoms with van der Waals surface area (Å²) in [6.45, 7) is 15.0. The minimum absolute atomic E-state index is 0.176. The predicted molar refractivity (Wildman–Crippen MR) is 118 cm³/mol. The Labute approximate surface area is 165 Å². The fourth-order valence-electron chi connectivity index (χ4n) is 2.36. The molecule has 0 amide bonds. The molecule has 0 saturated heterocycles. The Balaban J connectivity index is 0. The topological polar surface area (TPSA) is 51.0 Å². The van der Waals surface area contributed by atoms with Gasteiger partial charge in [-0.2, -0.15) is 0 Å². The van der Waals surface area contributed by atoms with Gasteiger partial charge in [-0.15, -0.1) is 0 Å². The van der Waals surface area contributed by atoms with Crippen LogP contribution < -0.4 is 11.1 Å². The molecule has 3 atom stereocenters. The van der Waals surface area contributed by atoms with Crippen molar-refractivity contribution < 1.29 is 0 Å². The molecule has 3 unspecified atom stereocenters. The first-order chi connectivity index (χ1) is 11.8. The van der Waals surface area contributed by atoms with E-state index in [2.05, 4.69) is 109 Å². The molecule has 0 fully saturated rings. The van der Waals surface area contributed by atoms with Crippen LogP contribution in [0.4, 0.5) is 0 Å². The fourth-order valence-corrected chi connectivity index (χ4v) is 2.36. The lowest BCUT2D eigenvalue weighted by Gasteiger charge is -2.38. The zero-order chi connectivity index (χ0) is 21.1. The van der Waals surface area contributed by atoms with Crippen LogP contribution in [0.15, 0.2) is 0 Å². The van der Waals surface area contributed by atoms with Crippen molar-refractivity contribution in [1.82, 2.24) is 24.9 Å². The lowest BCUT2D eigenvalue weighted by molar-refractivity contribution is 0.147. The summed E-state index contributed by atoms with van der Waals surface area (Å²) in [4.78, 5) is 9.15. The number of nitrogens with one attached hydrogen (secondary N) is 1. The minimum atomic E-state index is 0.176. The molecule has 160 valence electrons. The molecule has 0 aromatic rings. The molecule has 0 aromatic carbocycles. The number of hydrogen-bond donors (Lipinski definition) is 2. The van der Waals surface area contributed by atoms with E-state index in [9.17, 15) is 0 Å². The molecule has 0 spiro atoms. The zero-order valence-corrected chi connectivity index (χ0v) is 19.9. The Morgan fingerprint density at radius 3 is 1.69 bits per heavy atom. The van der Waals surface area contributed by atoms with Gasteiger partial charge >= 0.3 is 0 Å². The van der Waals surface area contributed by atoms with Crippen molar-refractivity contribution in [2.24, 2.45) is 5.73 Å². The zero-order valence-electron chi connectivity index (χ0n) is 19.9. The Morgan fingerprint density at radius 1 is 0.846 bits per heavy atom. The van der Waals surface area contributed by atoms with E-state index in [4.69, 9.17) is 5.73 Å². The monoisotopic (exact) mass is 374 g/mol. The summed E-state index contributed by atoms with van der Waals surface area (Å²) < 4.78 is 0. The molecule has 0 heterocycles. The van der Waals surface area contributed by atoms with Crippen LogP contribution in [0.1, 0.15) is 34.6 Å². The van der Waals surface area contributed by atoms with Crippen LogP contribution in [-0.2, 0) is 0 Å². The molecule has 0 rings (SSSR count). The summed E-state index contributed by atoms with van der Waals surface area (Å²) in [5, 5.41) is 3.39. The van der Waals surface area contributed by atoms with Crippen LogP contribution in [0.25, 0.3) is 0 Å². The third kappa shape index (κ3) is 12.2. The quantitative estimate of drug-likeness (QED) is 0.564. The first-order valence-electron chi connectivity index (χ1n) is 9.89. The molecule has 0 aromatic heterocycles. The molecule has 6 heteroatoms. The largest absolute Gasteiger partial charge is 0.329 e. The maximum atomic E-state index is 5.42. The van der Waals surface area contributed by atoms with Crippen molar-refractivity contribution in [3.05, 3.63) is 0 Å². The van der Waals surface area contributed by atoms with E-state index in [0.717, 1.165) is 19.6 Å². The van der Waals surface area contributed by atoms with Crippen molar-refractivity contribution >= 4 is 0 Å². The summed E-state index contributed by atoms with van der Waals surface area (Å²) in [6.07, 6.45) is 0. The van der Waals surface area contributed by atoms with Gasteiger partial charge in [-0.25, -0.2) is 0 Å². The maximum absolute atomic E-state index is 5.42. The highest BCUT2D eigenvalue weighted by atomic mass is 15.2. The highest BCUT2D eigenvalue weighted by Crippen LogP contribution is 2.14. The van der Waals surface area contributed by atoms with Crippen LogP contribution in [-0.4, -0.2) is 119 Å². The molecular weight excluding hydrogens is 324 g/mol. The Kier molecular flexibility index (Phi) is 14.9. The second kappa shape index (κ2) is 13.9. The highest BCUT2D eigenvalue weighted by Gasteiger charge is 2.27. The smallest absolute Gasteiger partial charge is 0.0297 e. The second-order valence-corrected chi connectivity index (χ2v) is 8.88. The number of hydrogen-bond acceptors (Lipinski definition) is 6. The van der Waals surface area contributed by atoms with Gasteiger partial charge < -0.3 is 30.7 Å². The Bertz CT molecular complexity index is 330. The molecule has 0 aliphatic rings. The molecule has 0 radical (unpaired) electrons. The van der Waals surface area contributed by atoms with E-state index in [0.29, 0.717) is 24.7 Å². The van der Waals surface area contributed by atoms with Crippen molar-refractivity contribution in [2.75, 3.05) is 75.5 Å². The van der Waals surface area contributed by atoms with E-state index < -0.39 is 0 Å². The van der Waals surface area contributed by atoms with E-state index in [1.54, 1.807) is 0 Å². The van der Waals surface area contributed by atoms with E-state index in [-0.39, 0.29) is 5.54 Å². The van der Waals surface area contributed by atoms with Crippen molar-refractivity contribution in [2.45, 2.75) is 58.3 Å². The summed E-state index contributed by atoms with van der Waals surface area (Å²) >= 11 is 0. The normalized spacial score (nSPS) is 16.0. The maximum Gasteiger partial charge on any atom is 0.0297 e. The average molecular weight is 375 g/mol. The minimum Gasteiger partial charge on any atom is -0.329 e. The SMILES string of the molecule is CC(CN(C)C(C)CN(C)C)N(C)C.CC(NCCN)C(C)(C)N(C)C. The van der Waals surface area contributed by atoms with Crippen LogP contribution in [0.2, 0.25) is 0 Å². The lowest BCUT2D eigenvalue weighted by Crippen LogP contribution is -2.54. The molecule has 26 heavy (non-hydrogen) atoms. The van der Waals surface area contributed by atoms with Gasteiger partial charge in [0.15, 0.2) is 0 Å². The van der Waals surface area contributed by atoms with Crippen LogP contribution in [0.5, 0.6) is 0 Å². The lowest BCUT2D eigenvalue weighted by atomic mass is 9.95. The first kappa shape index (κ1) is 28.0. The summed E-state index contributed by atoms with van der Waals surface area (Å²) in [6, 6.07) is 1.69. The van der Waals surface area contributed by atoms with Gasteiger partial charge in [0.2, 0.25) is 0 Å². The van der Waals surface area contributed by atoms with Gasteiger partial charge in [0.25, 0.3) is 0 Å². The summed E-state index contributed by atoms with van der Waals surface area (Å²) in [7, 11) is 14.9. The third-order valence-corrected chi connectivity index (χ3v) is 5.62. The van der Waals surface area contributed by atoms with Gasteiger partial charge in [-0.1, -0.05) is 0 Å². The molecule has 3 N–H and O–H groups in total. The highest BCUT2D eigenvalue weighted by molar-refractivity contribution is 4.88. The molecule has 0 saturated carbocycles. The molecule has 0 bridgehead atoms. The molecule has 0 aliphatic carbocycles. The van der Waals surface area contributed by atoms with Crippen molar-refractivity contribution in [3.8, 4) is 0 Å². The van der Waals surface area contributed by atoms with Crippen LogP contribution >= 0.6 is 0 Å². The van der Waals surface area contributed by atoms with Crippen LogP contribution in [0, 0.1) is 0 Å². The van der Waals surface area contributed by atoms with E-state index >= 15 is 0 Å². The van der Waals surface area contributed by atoms with E-state index in [1.165, 1.54) is 0 Å². The van der Waals surface area contributed by atoms with Gasteiger partial charge in [0.1, 0.15) is 0 Å². The first-order valence-corrected chi connectivity index (χ1v) is 9.89. The van der Waals surface area contributed by atoms with Crippen LogP contribution in [0.3, 0.4) is 0 Å². The van der Waals surface area contributed by atoms with Crippen molar-refractivity contribution in [1.29, 1.82) is 0 Å². The number of nitrogens with two attached hydrogens (primary N) is 1. The fraction of sp³-hybridized carbons (Fsp3) is 1.00. The van der Waals surface area contributed by atoms with Gasteiger partial charge in [0.05, 0.1) is 0 Å². The van der Waals surface area contributed by atoms with Crippen molar-refractivity contribution in [3.63, 3.8) is 0 Å². The third-order valence-electron chi connectivity index (χ3n) is 5.62. The summed E-state index contributed by atoms with van der Waals surface area (Å²) in [5.41, 5.74) is 5.60. The Morgan fingerprint density at radius 2 is 1.35 bits per heavy atom. The second-order valence-electron chi connectivity index (χ2n) is 8.88. The number of likely N-dealkylation sites (N-methyl/N-ethyl adjacent to an activating group) is 4. The van der Waals surface area contributed by atoms with Gasteiger partial charge in [-0.05, 0) is 84.0 Å². The number of rotatable bonds is 11. The van der Waals surface area contributed by atoms with E-state index in [1.807, 2.05) is 0 Å².